The molecule has 0 radical (unpaired) electrons. The average Bonchev–Trinajstić information content (AvgIpc) is 4.04. The predicted molar refractivity (Wildman–Crippen MR) is 220 cm³/mol. The number of nitrogens with zero attached hydrogens (tertiary/aromatic N) is 4. The third kappa shape index (κ3) is 8.98. The molecule has 0 aliphatic carbocycles. The molecule has 0 spiro atoms. The lowest BCUT2D eigenvalue weighted by Gasteiger charge is -2.30. The van der Waals surface area contributed by atoms with Crippen LogP contribution in [-0.4, -0.2) is 105 Å². The highest BCUT2D eigenvalue weighted by Gasteiger charge is 2.41. The first kappa shape index (κ1) is 41.3. The molecule has 6 rings (SSSR count). The van der Waals surface area contributed by atoms with Crippen molar-refractivity contribution >= 4 is 35.8 Å². The SMILES string of the molecule is COC(=O)N[C@H](C(=O)N1C[C@@H](SC)C[C@H]1c1ncc(-c2ccc(-c3ccc(-c4nc([C@@H]5CCCN5C(=O)[C@@H](NC(=O)OC)C(C)C)[nH]c4C)cc3)cc2)[nH]1)C(C)C. The van der Waals surface area contributed by atoms with Crippen molar-refractivity contribution in [3.05, 3.63) is 72.1 Å². The Morgan fingerprint density at radius 1 is 0.772 bits per heavy atom. The van der Waals surface area contributed by atoms with Gasteiger partial charge in [0.2, 0.25) is 11.8 Å². The van der Waals surface area contributed by atoms with Crippen LogP contribution in [0.4, 0.5) is 9.59 Å². The molecular formula is C42H54N8O6S. The monoisotopic (exact) mass is 798 g/mol. The minimum Gasteiger partial charge on any atom is -0.453 e. The first-order chi connectivity index (χ1) is 27.3. The first-order valence-electron chi connectivity index (χ1n) is 19.5. The van der Waals surface area contributed by atoms with Crippen molar-refractivity contribution in [2.24, 2.45) is 11.8 Å². The van der Waals surface area contributed by atoms with E-state index in [4.69, 9.17) is 19.4 Å². The molecule has 4 aromatic rings. The number of hydrogen-bond acceptors (Lipinski definition) is 9. The van der Waals surface area contributed by atoms with Gasteiger partial charge in [-0.1, -0.05) is 76.2 Å². The van der Waals surface area contributed by atoms with Crippen LogP contribution < -0.4 is 10.6 Å². The van der Waals surface area contributed by atoms with Crippen LogP contribution in [0.15, 0.2) is 54.7 Å². The Morgan fingerprint density at radius 2 is 1.32 bits per heavy atom. The van der Waals surface area contributed by atoms with Crippen LogP contribution in [0.1, 0.15) is 76.4 Å². The number of methoxy groups -OCH3 is 2. The maximum absolute atomic E-state index is 13.8. The van der Waals surface area contributed by atoms with Gasteiger partial charge in [-0.25, -0.2) is 19.6 Å². The molecule has 2 saturated heterocycles. The molecule has 15 heteroatoms. The summed E-state index contributed by atoms with van der Waals surface area (Å²) < 4.78 is 9.56. The number of alkyl carbamates (subject to hydrolysis) is 2. The Kier molecular flexibility index (Phi) is 13.0. The van der Waals surface area contributed by atoms with Crippen LogP contribution in [0.3, 0.4) is 0 Å². The van der Waals surface area contributed by atoms with E-state index in [0.29, 0.717) is 13.1 Å². The van der Waals surface area contributed by atoms with E-state index in [1.807, 2.05) is 56.9 Å². The third-order valence-electron chi connectivity index (χ3n) is 11.0. The molecule has 2 fully saturated rings. The van der Waals surface area contributed by atoms with Crippen LogP contribution >= 0.6 is 11.8 Å². The summed E-state index contributed by atoms with van der Waals surface area (Å²) in [5.74, 6) is 0.940. The third-order valence-corrected chi connectivity index (χ3v) is 12.0. The summed E-state index contributed by atoms with van der Waals surface area (Å²) in [7, 11) is 2.58. The molecule has 2 aromatic carbocycles. The molecule has 2 aliphatic rings. The number of amides is 4. The van der Waals surface area contributed by atoms with Gasteiger partial charge >= 0.3 is 12.2 Å². The van der Waals surface area contributed by atoms with Crippen molar-refractivity contribution in [1.29, 1.82) is 0 Å². The second-order valence-corrected chi connectivity index (χ2v) is 16.6. The van der Waals surface area contributed by atoms with E-state index in [2.05, 4.69) is 69.1 Å². The van der Waals surface area contributed by atoms with E-state index in [9.17, 15) is 19.2 Å². The lowest BCUT2D eigenvalue weighted by Crippen LogP contribution is -2.51. The molecule has 4 heterocycles. The van der Waals surface area contributed by atoms with E-state index in [1.54, 1.807) is 11.8 Å². The van der Waals surface area contributed by atoms with Gasteiger partial charge in [0.1, 0.15) is 23.7 Å². The van der Waals surface area contributed by atoms with Crippen molar-refractivity contribution in [2.45, 2.75) is 83.3 Å². The molecule has 0 unspecified atom stereocenters. The fraction of sp³-hybridized carbons (Fsp3) is 0.476. The van der Waals surface area contributed by atoms with Crippen LogP contribution in [0, 0.1) is 18.8 Å². The number of H-pyrrole nitrogens is 2. The van der Waals surface area contributed by atoms with Gasteiger partial charge in [0.25, 0.3) is 0 Å². The van der Waals surface area contributed by atoms with Gasteiger partial charge in [-0.05, 0) is 61.0 Å². The van der Waals surface area contributed by atoms with Gasteiger partial charge in [-0.3, -0.25) is 9.59 Å². The summed E-state index contributed by atoms with van der Waals surface area (Å²) in [6.45, 7) is 10.8. The van der Waals surface area contributed by atoms with Crippen molar-refractivity contribution in [1.82, 2.24) is 40.4 Å². The zero-order chi connectivity index (χ0) is 41.0. The molecule has 0 saturated carbocycles. The molecule has 4 amide bonds. The number of rotatable bonds is 12. The van der Waals surface area contributed by atoms with Crippen molar-refractivity contribution in [3.63, 3.8) is 0 Å². The number of carbonyl (C=O) groups excluding carboxylic acids is 4. The fourth-order valence-corrected chi connectivity index (χ4v) is 8.46. The summed E-state index contributed by atoms with van der Waals surface area (Å²) in [5.41, 5.74) is 6.65. The summed E-state index contributed by atoms with van der Waals surface area (Å²) in [6, 6.07) is 14.7. The number of imidazole rings is 2. The number of aromatic amines is 2. The quantitative estimate of drug-likeness (QED) is 0.119. The number of ether oxygens (including phenoxy) is 2. The summed E-state index contributed by atoms with van der Waals surface area (Å²) in [6.07, 6.45) is 4.98. The second-order valence-electron chi connectivity index (χ2n) is 15.4. The van der Waals surface area contributed by atoms with E-state index in [-0.39, 0.29) is 41.0 Å². The number of thioether (sulfide) groups is 1. The van der Waals surface area contributed by atoms with Gasteiger partial charge in [0.05, 0.1) is 43.9 Å². The number of nitrogens with one attached hydrogen (secondary N) is 4. The Balaban J connectivity index is 1.14. The molecule has 57 heavy (non-hydrogen) atoms. The second kappa shape index (κ2) is 17.9. The van der Waals surface area contributed by atoms with E-state index < -0.39 is 24.3 Å². The number of benzene rings is 2. The number of hydrogen-bond donors (Lipinski definition) is 4. The molecule has 0 bridgehead atoms. The molecule has 5 atom stereocenters. The Bertz CT molecular complexity index is 2050. The Morgan fingerprint density at radius 3 is 1.86 bits per heavy atom. The highest BCUT2D eigenvalue weighted by Crippen LogP contribution is 2.38. The highest BCUT2D eigenvalue weighted by atomic mass is 32.2. The smallest absolute Gasteiger partial charge is 0.407 e. The minimum atomic E-state index is -0.709. The van der Waals surface area contributed by atoms with Gasteiger partial charge in [-0.15, -0.1) is 0 Å². The maximum Gasteiger partial charge on any atom is 0.407 e. The highest BCUT2D eigenvalue weighted by molar-refractivity contribution is 7.99. The van der Waals surface area contributed by atoms with Gasteiger partial charge in [0.15, 0.2) is 0 Å². The summed E-state index contributed by atoms with van der Waals surface area (Å²) >= 11 is 1.72. The van der Waals surface area contributed by atoms with Crippen LogP contribution in [0.2, 0.25) is 0 Å². The van der Waals surface area contributed by atoms with Crippen molar-refractivity contribution < 1.29 is 28.7 Å². The molecule has 2 aliphatic heterocycles. The van der Waals surface area contributed by atoms with Gasteiger partial charge in [-0.2, -0.15) is 11.8 Å². The topological polar surface area (TPSA) is 175 Å². The summed E-state index contributed by atoms with van der Waals surface area (Å²) in [5, 5.41) is 5.67. The maximum atomic E-state index is 13.8. The predicted octanol–water partition coefficient (Wildman–Crippen LogP) is 6.87. The Hall–Kier alpha value is -5.31. The fourth-order valence-electron chi connectivity index (χ4n) is 7.78. The lowest BCUT2D eigenvalue weighted by molar-refractivity contribution is -0.136. The Labute approximate surface area is 338 Å². The zero-order valence-corrected chi connectivity index (χ0v) is 34.7. The van der Waals surface area contributed by atoms with Crippen LogP contribution in [0.5, 0.6) is 0 Å². The largest absolute Gasteiger partial charge is 0.453 e. The number of aryl methyl sites for hydroxylation is 1. The summed E-state index contributed by atoms with van der Waals surface area (Å²) in [4.78, 5) is 71.8. The minimum absolute atomic E-state index is 0.109. The first-order valence-corrected chi connectivity index (χ1v) is 20.8. The van der Waals surface area contributed by atoms with Gasteiger partial charge < -0.3 is 39.9 Å². The average molecular weight is 799 g/mol. The van der Waals surface area contributed by atoms with Crippen molar-refractivity contribution in [2.75, 3.05) is 33.6 Å². The molecule has 14 nitrogen and oxygen atoms in total. The van der Waals surface area contributed by atoms with Crippen LogP contribution in [0.25, 0.3) is 33.6 Å². The van der Waals surface area contributed by atoms with E-state index in [0.717, 1.165) is 70.2 Å². The number of likely N-dealkylation sites (tertiary alicyclic amines) is 2. The lowest BCUT2D eigenvalue weighted by atomic mass is 10.0. The molecule has 304 valence electrons. The van der Waals surface area contributed by atoms with Gasteiger partial charge in [0, 0.05) is 29.6 Å². The van der Waals surface area contributed by atoms with E-state index >= 15 is 0 Å². The zero-order valence-electron chi connectivity index (χ0n) is 33.9. The van der Waals surface area contributed by atoms with Crippen LogP contribution in [-0.2, 0) is 19.1 Å². The molecule has 4 N–H and O–H groups in total. The normalized spacial score (nSPS) is 19.2. The van der Waals surface area contributed by atoms with E-state index in [1.165, 1.54) is 14.2 Å². The number of carbonyl (C=O) groups is 4. The molecule has 2 aromatic heterocycles. The molecular weight excluding hydrogens is 745 g/mol. The van der Waals surface area contributed by atoms with Crippen molar-refractivity contribution in [3.8, 4) is 33.6 Å². The standard InChI is InChI=1S/C42H54N8O6S/c1-23(2)34(47-41(53)55-6)39(51)49-19-9-10-32(49)38-44-25(5)36(46-38)29-17-13-27(14-18-29)26-11-15-28(16-12-26)31-21-43-37(45-31)33-20-30(57-8)22-50(33)40(52)35(24(3)4)48-42(54)56-7/h11-18,21,23-24,30,32-35H,9-10,19-20,22H2,1-8H3,(H,43,45)(H,44,46)(H,47,53)(H,48,54)/t30-,32-,33-,34-,35-/m0/s1. The number of aromatic nitrogens is 4.